The van der Waals surface area contributed by atoms with E-state index >= 15 is 0 Å². The van der Waals surface area contributed by atoms with Crippen LogP contribution in [0.1, 0.15) is 27.3 Å². The average molecular weight is 379 g/mol. The number of aromatic nitrogens is 1. The lowest BCUT2D eigenvalue weighted by Gasteiger charge is -2.13. The summed E-state index contributed by atoms with van der Waals surface area (Å²) in [4.78, 5) is 23.9. The molecule has 0 aliphatic heterocycles. The van der Waals surface area contributed by atoms with Gasteiger partial charge in [-0.3, -0.25) is 9.59 Å². The van der Waals surface area contributed by atoms with E-state index in [4.69, 9.17) is 14.6 Å². The number of nitrogens with zero attached hydrogens (tertiary/aromatic N) is 1. The van der Waals surface area contributed by atoms with Gasteiger partial charge in [-0.15, -0.1) is 0 Å². The van der Waals surface area contributed by atoms with Gasteiger partial charge in [0.25, 0.3) is 0 Å². The second-order valence-electron chi connectivity index (χ2n) is 6.31. The lowest BCUT2D eigenvalue weighted by Crippen LogP contribution is -2.11. The minimum Gasteiger partial charge on any atom is -0.493 e. The van der Waals surface area contributed by atoms with Gasteiger partial charge in [0.1, 0.15) is 6.61 Å². The molecule has 0 saturated heterocycles. The van der Waals surface area contributed by atoms with E-state index in [-0.39, 0.29) is 12.2 Å². The average Bonchev–Trinajstić information content (AvgIpc) is 3.06. The molecule has 6 heteroatoms. The summed E-state index contributed by atoms with van der Waals surface area (Å²) in [5.41, 5.74) is 2.41. The van der Waals surface area contributed by atoms with Crippen LogP contribution in [0.15, 0.2) is 60.7 Å². The van der Waals surface area contributed by atoms with Crippen molar-refractivity contribution in [1.29, 1.82) is 0 Å². The van der Waals surface area contributed by atoms with Crippen molar-refractivity contribution in [2.75, 3.05) is 7.11 Å². The molecule has 0 unspecified atom stereocenters. The van der Waals surface area contributed by atoms with Crippen molar-refractivity contribution in [3.05, 3.63) is 83.2 Å². The molecule has 0 fully saturated rings. The molecule has 0 aliphatic carbocycles. The van der Waals surface area contributed by atoms with Gasteiger partial charge in [-0.1, -0.05) is 30.3 Å². The zero-order chi connectivity index (χ0) is 20.1. The van der Waals surface area contributed by atoms with Crippen molar-refractivity contribution >= 4 is 11.8 Å². The molecule has 0 spiro atoms. The van der Waals surface area contributed by atoms with E-state index in [1.165, 1.54) is 0 Å². The number of carboxylic acids is 1. The second kappa shape index (κ2) is 8.43. The summed E-state index contributed by atoms with van der Waals surface area (Å²) in [6.07, 6.45) is -0.141. The van der Waals surface area contributed by atoms with Gasteiger partial charge in [-0.25, -0.2) is 0 Å². The number of hydrogen-bond donors (Lipinski definition) is 1. The summed E-state index contributed by atoms with van der Waals surface area (Å²) in [6.45, 7) is 0.349. The SMILES string of the molecule is COc1ccc(C(=O)c2ccc(CC(=O)O)n2C)cc1OCc1ccccc1. The Morgan fingerprint density at radius 3 is 2.43 bits per heavy atom. The molecule has 144 valence electrons. The smallest absolute Gasteiger partial charge is 0.309 e. The molecule has 0 saturated carbocycles. The highest BCUT2D eigenvalue weighted by Crippen LogP contribution is 2.30. The van der Waals surface area contributed by atoms with Crippen LogP contribution < -0.4 is 9.47 Å². The lowest BCUT2D eigenvalue weighted by atomic mass is 10.1. The summed E-state index contributed by atoms with van der Waals surface area (Å²) in [7, 11) is 3.23. The zero-order valence-corrected chi connectivity index (χ0v) is 15.7. The minimum atomic E-state index is -0.943. The summed E-state index contributed by atoms with van der Waals surface area (Å²) in [5, 5.41) is 8.97. The lowest BCUT2D eigenvalue weighted by molar-refractivity contribution is -0.136. The molecule has 1 N–H and O–H groups in total. The number of carboxylic acid groups (broad SMARTS) is 1. The zero-order valence-electron chi connectivity index (χ0n) is 15.7. The van der Waals surface area contributed by atoms with Crippen LogP contribution in [0.5, 0.6) is 11.5 Å². The quantitative estimate of drug-likeness (QED) is 0.607. The summed E-state index contributed by atoms with van der Waals surface area (Å²) in [5.74, 6) is -0.157. The third-order valence-corrected chi connectivity index (χ3v) is 4.45. The topological polar surface area (TPSA) is 77.8 Å². The van der Waals surface area contributed by atoms with Crippen LogP contribution in [0.2, 0.25) is 0 Å². The Morgan fingerprint density at radius 1 is 1.00 bits per heavy atom. The van der Waals surface area contributed by atoms with E-state index in [1.54, 1.807) is 49.1 Å². The number of rotatable bonds is 8. The third-order valence-electron chi connectivity index (χ3n) is 4.45. The molecule has 0 atom stereocenters. The van der Waals surface area contributed by atoms with Crippen molar-refractivity contribution in [3.8, 4) is 11.5 Å². The monoisotopic (exact) mass is 379 g/mol. The van der Waals surface area contributed by atoms with Gasteiger partial charge in [0.2, 0.25) is 5.78 Å². The number of aliphatic carboxylic acids is 1. The maximum Gasteiger partial charge on any atom is 0.309 e. The van der Waals surface area contributed by atoms with E-state index in [0.717, 1.165) is 5.56 Å². The molecule has 2 aromatic carbocycles. The first-order chi connectivity index (χ1) is 13.5. The van der Waals surface area contributed by atoms with E-state index in [2.05, 4.69) is 0 Å². The fourth-order valence-electron chi connectivity index (χ4n) is 2.93. The molecule has 0 bridgehead atoms. The Labute approximate surface area is 162 Å². The molecule has 1 heterocycles. The Kier molecular flexibility index (Phi) is 5.79. The predicted octanol–water partition coefficient (Wildman–Crippen LogP) is 3.47. The van der Waals surface area contributed by atoms with E-state index < -0.39 is 5.97 Å². The Hall–Kier alpha value is -3.54. The van der Waals surface area contributed by atoms with Gasteiger partial charge in [-0.05, 0) is 35.9 Å². The van der Waals surface area contributed by atoms with Gasteiger partial charge in [0, 0.05) is 18.3 Å². The number of methoxy groups -OCH3 is 1. The first-order valence-corrected chi connectivity index (χ1v) is 8.75. The number of ether oxygens (including phenoxy) is 2. The minimum absolute atomic E-state index is 0.141. The maximum atomic E-state index is 12.9. The molecule has 3 rings (SSSR count). The normalized spacial score (nSPS) is 10.5. The fraction of sp³-hybridized carbons (Fsp3) is 0.182. The highest BCUT2D eigenvalue weighted by Gasteiger charge is 2.18. The number of carbonyl (C=O) groups is 2. The van der Waals surface area contributed by atoms with Crippen LogP contribution in [0, 0.1) is 0 Å². The van der Waals surface area contributed by atoms with E-state index in [0.29, 0.717) is 35.1 Å². The van der Waals surface area contributed by atoms with Gasteiger partial charge < -0.3 is 19.1 Å². The first-order valence-electron chi connectivity index (χ1n) is 8.75. The van der Waals surface area contributed by atoms with Crippen LogP contribution in [0.25, 0.3) is 0 Å². The van der Waals surface area contributed by atoms with Crippen LogP contribution in [0.3, 0.4) is 0 Å². The van der Waals surface area contributed by atoms with Gasteiger partial charge >= 0.3 is 5.97 Å². The Balaban J connectivity index is 1.85. The van der Waals surface area contributed by atoms with Crippen molar-refractivity contribution < 1.29 is 24.2 Å². The highest BCUT2D eigenvalue weighted by atomic mass is 16.5. The summed E-state index contributed by atoms with van der Waals surface area (Å²) in [6, 6.07) is 18.0. The van der Waals surface area contributed by atoms with Gasteiger partial charge in [0.15, 0.2) is 11.5 Å². The number of benzene rings is 2. The summed E-state index contributed by atoms with van der Waals surface area (Å²) < 4.78 is 12.8. The number of hydrogen-bond acceptors (Lipinski definition) is 4. The Bertz CT molecular complexity index is 991. The van der Waals surface area contributed by atoms with Crippen molar-refractivity contribution in [3.63, 3.8) is 0 Å². The van der Waals surface area contributed by atoms with Crippen LogP contribution in [0.4, 0.5) is 0 Å². The molecule has 1 aromatic heterocycles. The van der Waals surface area contributed by atoms with Crippen molar-refractivity contribution in [2.45, 2.75) is 13.0 Å². The molecular weight excluding hydrogens is 358 g/mol. The standard InChI is InChI=1S/C22H21NO5/c1-23-17(13-21(24)25)9-10-18(23)22(26)16-8-11-19(27-2)20(12-16)28-14-15-6-4-3-5-7-15/h3-12H,13-14H2,1-2H3,(H,24,25). The molecule has 3 aromatic rings. The van der Waals surface area contributed by atoms with E-state index in [9.17, 15) is 9.59 Å². The molecule has 6 nitrogen and oxygen atoms in total. The number of ketones is 1. The van der Waals surface area contributed by atoms with Crippen LogP contribution in [-0.2, 0) is 24.9 Å². The van der Waals surface area contributed by atoms with Crippen LogP contribution >= 0.6 is 0 Å². The molecule has 28 heavy (non-hydrogen) atoms. The van der Waals surface area contributed by atoms with Gasteiger partial charge in [0.05, 0.1) is 19.2 Å². The fourth-order valence-corrected chi connectivity index (χ4v) is 2.93. The van der Waals surface area contributed by atoms with Gasteiger partial charge in [-0.2, -0.15) is 0 Å². The second-order valence-corrected chi connectivity index (χ2v) is 6.31. The van der Waals surface area contributed by atoms with E-state index in [1.807, 2.05) is 30.3 Å². The van der Waals surface area contributed by atoms with Crippen molar-refractivity contribution in [2.24, 2.45) is 7.05 Å². The first kappa shape index (κ1) is 19.2. The van der Waals surface area contributed by atoms with Crippen LogP contribution in [-0.4, -0.2) is 28.5 Å². The molecule has 0 aliphatic rings. The molecule has 0 radical (unpaired) electrons. The third kappa shape index (κ3) is 4.23. The Morgan fingerprint density at radius 2 is 1.75 bits per heavy atom. The highest BCUT2D eigenvalue weighted by molar-refractivity contribution is 6.08. The molecule has 0 amide bonds. The van der Waals surface area contributed by atoms with Crippen molar-refractivity contribution in [1.82, 2.24) is 4.57 Å². The largest absolute Gasteiger partial charge is 0.493 e. The maximum absolute atomic E-state index is 12.9. The number of carbonyl (C=O) groups excluding carboxylic acids is 1. The predicted molar refractivity (Wildman–Crippen MR) is 104 cm³/mol. The summed E-state index contributed by atoms with van der Waals surface area (Å²) >= 11 is 0. The molecular formula is C22H21NO5.